The lowest BCUT2D eigenvalue weighted by molar-refractivity contribution is 0.590. The normalized spacial score (nSPS) is 11.0. The molecule has 0 aliphatic heterocycles. The van der Waals surface area contributed by atoms with E-state index in [9.17, 15) is 4.39 Å². The van der Waals surface area contributed by atoms with E-state index in [0.717, 1.165) is 12.0 Å². The third kappa shape index (κ3) is 4.02. The topological polar surface area (TPSA) is 23.8 Å². The minimum atomic E-state index is -0.204. The maximum absolute atomic E-state index is 13.4. The van der Waals surface area contributed by atoms with Gasteiger partial charge >= 0.3 is 0 Å². The molecule has 0 aliphatic carbocycles. The van der Waals surface area contributed by atoms with E-state index in [4.69, 9.17) is 5.26 Å². The van der Waals surface area contributed by atoms with E-state index in [1.54, 1.807) is 6.07 Å². The molecule has 1 aromatic rings. The number of halogens is 1. The molecule has 0 spiro atoms. The third-order valence-corrected chi connectivity index (χ3v) is 2.40. The van der Waals surface area contributed by atoms with Crippen molar-refractivity contribution in [2.24, 2.45) is 0 Å². The second kappa shape index (κ2) is 7.87. The van der Waals surface area contributed by atoms with Crippen LogP contribution in [0.15, 0.2) is 18.2 Å². The van der Waals surface area contributed by atoms with E-state index in [-0.39, 0.29) is 11.7 Å². The fraction of sp³-hybridized carbons (Fsp3) is 0.500. The Bertz CT molecular complexity index is 352. The fourth-order valence-electron chi connectivity index (χ4n) is 1.44. The van der Waals surface area contributed by atoms with Gasteiger partial charge in [0.15, 0.2) is 0 Å². The Morgan fingerprint density at radius 3 is 2.50 bits per heavy atom. The summed E-state index contributed by atoms with van der Waals surface area (Å²) >= 11 is 0. The van der Waals surface area contributed by atoms with Gasteiger partial charge in [0.05, 0.1) is 6.07 Å². The van der Waals surface area contributed by atoms with Gasteiger partial charge in [-0.3, -0.25) is 0 Å². The maximum Gasteiger partial charge on any atom is 0.126 e. The van der Waals surface area contributed by atoms with Crippen LogP contribution in [0.4, 0.5) is 4.39 Å². The first-order valence-corrected chi connectivity index (χ1v) is 5.84. The number of aryl methyl sites for hydroxylation is 1. The Hall–Kier alpha value is -1.36. The van der Waals surface area contributed by atoms with Crippen LogP contribution in [-0.4, -0.2) is 0 Å². The highest BCUT2D eigenvalue weighted by molar-refractivity contribution is 5.28. The molecule has 0 aromatic heterocycles. The Labute approximate surface area is 97.9 Å². The van der Waals surface area contributed by atoms with Crippen LogP contribution in [0.25, 0.3) is 0 Å². The molecule has 0 fully saturated rings. The number of hydrogen-bond acceptors (Lipinski definition) is 1. The standard InChI is InChI=1S/C12H14FN.C2H6/c1-3-10-4-5-12(13)11(8-10)9(2)6-7-14;1-2/h4-5,8-9H,3,6H2,1-2H3;1-2H3. The summed E-state index contributed by atoms with van der Waals surface area (Å²) < 4.78 is 13.4. The Morgan fingerprint density at radius 1 is 1.38 bits per heavy atom. The molecule has 1 aromatic carbocycles. The SMILES string of the molecule is CC.CCc1ccc(F)c(C(C)CC#N)c1. The molecule has 0 amide bonds. The fourth-order valence-corrected chi connectivity index (χ4v) is 1.44. The van der Waals surface area contributed by atoms with E-state index in [0.29, 0.717) is 12.0 Å². The zero-order valence-electron chi connectivity index (χ0n) is 10.5. The summed E-state index contributed by atoms with van der Waals surface area (Å²) in [6.07, 6.45) is 1.26. The summed E-state index contributed by atoms with van der Waals surface area (Å²) in [6, 6.07) is 7.20. The highest BCUT2D eigenvalue weighted by Crippen LogP contribution is 2.23. The summed E-state index contributed by atoms with van der Waals surface area (Å²) in [5.74, 6) is -0.226. The van der Waals surface area contributed by atoms with Crippen LogP contribution in [0, 0.1) is 17.1 Å². The predicted molar refractivity (Wildman–Crippen MR) is 65.8 cm³/mol. The molecule has 0 heterocycles. The van der Waals surface area contributed by atoms with E-state index in [1.807, 2.05) is 33.8 Å². The lowest BCUT2D eigenvalue weighted by Crippen LogP contribution is -1.98. The van der Waals surface area contributed by atoms with Crippen molar-refractivity contribution in [1.29, 1.82) is 5.26 Å². The van der Waals surface area contributed by atoms with E-state index < -0.39 is 0 Å². The molecular weight excluding hydrogens is 201 g/mol. The van der Waals surface area contributed by atoms with Crippen LogP contribution in [0.3, 0.4) is 0 Å². The summed E-state index contributed by atoms with van der Waals surface area (Å²) in [6.45, 7) is 7.91. The summed E-state index contributed by atoms with van der Waals surface area (Å²) in [5.41, 5.74) is 1.78. The van der Waals surface area contributed by atoms with E-state index in [1.165, 1.54) is 6.07 Å². The van der Waals surface area contributed by atoms with Crippen LogP contribution in [0.2, 0.25) is 0 Å². The molecule has 1 nitrogen and oxygen atoms in total. The molecule has 0 bridgehead atoms. The Kier molecular flexibility index (Phi) is 7.20. The smallest absolute Gasteiger partial charge is 0.126 e. The number of nitriles is 1. The van der Waals surface area contributed by atoms with Crippen LogP contribution in [-0.2, 0) is 6.42 Å². The lowest BCUT2D eigenvalue weighted by Gasteiger charge is -2.10. The largest absolute Gasteiger partial charge is 0.207 e. The van der Waals surface area contributed by atoms with Crippen molar-refractivity contribution >= 4 is 0 Å². The van der Waals surface area contributed by atoms with Crippen molar-refractivity contribution < 1.29 is 4.39 Å². The third-order valence-electron chi connectivity index (χ3n) is 2.40. The molecule has 0 aliphatic rings. The Morgan fingerprint density at radius 2 is 2.00 bits per heavy atom. The van der Waals surface area contributed by atoms with Crippen LogP contribution >= 0.6 is 0 Å². The van der Waals surface area contributed by atoms with Crippen molar-refractivity contribution in [3.8, 4) is 6.07 Å². The first-order chi connectivity index (χ1) is 7.69. The first kappa shape index (κ1) is 14.6. The molecule has 0 saturated carbocycles. The maximum atomic E-state index is 13.4. The number of benzene rings is 1. The van der Waals surface area contributed by atoms with Crippen LogP contribution in [0.1, 0.15) is 51.2 Å². The van der Waals surface area contributed by atoms with Crippen molar-refractivity contribution in [1.82, 2.24) is 0 Å². The highest BCUT2D eigenvalue weighted by Gasteiger charge is 2.10. The van der Waals surface area contributed by atoms with Gasteiger partial charge in [0.1, 0.15) is 5.82 Å². The molecule has 88 valence electrons. The first-order valence-electron chi connectivity index (χ1n) is 5.84. The zero-order chi connectivity index (χ0) is 12.6. The highest BCUT2D eigenvalue weighted by atomic mass is 19.1. The van der Waals surface area contributed by atoms with Gasteiger partial charge in [0, 0.05) is 6.42 Å². The number of rotatable bonds is 3. The quantitative estimate of drug-likeness (QED) is 0.740. The molecule has 16 heavy (non-hydrogen) atoms. The zero-order valence-corrected chi connectivity index (χ0v) is 10.5. The molecule has 1 atom stereocenters. The summed E-state index contributed by atoms with van der Waals surface area (Å²) in [7, 11) is 0. The van der Waals surface area contributed by atoms with Gasteiger partial charge < -0.3 is 0 Å². The molecular formula is C14H20FN. The molecule has 0 N–H and O–H groups in total. The number of hydrogen-bond donors (Lipinski definition) is 0. The summed E-state index contributed by atoms with van der Waals surface area (Å²) in [5, 5.41) is 8.54. The average molecular weight is 221 g/mol. The second-order valence-electron chi connectivity index (χ2n) is 3.47. The molecule has 0 saturated heterocycles. The number of nitrogens with zero attached hydrogens (tertiary/aromatic N) is 1. The minimum absolute atomic E-state index is 0.0218. The van der Waals surface area contributed by atoms with Gasteiger partial charge in [-0.2, -0.15) is 5.26 Å². The molecule has 1 unspecified atom stereocenters. The lowest BCUT2D eigenvalue weighted by atomic mass is 9.95. The van der Waals surface area contributed by atoms with Gasteiger partial charge in [0.25, 0.3) is 0 Å². The molecule has 0 radical (unpaired) electrons. The molecule has 1 rings (SSSR count). The van der Waals surface area contributed by atoms with Crippen molar-refractivity contribution in [2.75, 3.05) is 0 Å². The second-order valence-corrected chi connectivity index (χ2v) is 3.47. The van der Waals surface area contributed by atoms with Crippen molar-refractivity contribution in [2.45, 2.75) is 46.5 Å². The van der Waals surface area contributed by atoms with Crippen LogP contribution < -0.4 is 0 Å². The van der Waals surface area contributed by atoms with E-state index >= 15 is 0 Å². The van der Waals surface area contributed by atoms with Crippen LogP contribution in [0.5, 0.6) is 0 Å². The predicted octanol–water partition coefficient (Wildman–Crippen LogP) is 4.43. The molecule has 2 heteroatoms. The Balaban J connectivity index is 0.00000106. The van der Waals surface area contributed by atoms with Gasteiger partial charge in [0.2, 0.25) is 0 Å². The average Bonchev–Trinajstić information content (AvgIpc) is 2.32. The van der Waals surface area contributed by atoms with Gasteiger partial charge in [-0.15, -0.1) is 0 Å². The van der Waals surface area contributed by atoms with Crippen molar-refractivity contribution in [3.63, 3.8) is 0 Å². The van der Waals surface area contributed by atoms with Crippen molar-refractivity contribution in [3.05, 3.63) is 35.1 Å². The van der Waals surface area contributed by atoms with Gasteiger partial charge in [-0.1, -0.05) is 39.8 Å². The van der Waals surface area contributed by atoms with Gasteiger partial charge in [-0.25, -0.2) is 4.39 Å². The minimum Gasteiger partial charge on any atom is -0.207 e. The summed E-state index contributed by atoms with van der Waals surface area (Å²) in [4.78, 5) is 0. The van der Waals surface area contributed by atoms with E-state index in [2.05, 4.69) is 6.07 Å². The van der Waals surface area contributed by atoms with Gasteiger partial charge in [-0.05, 0) is 29.5 Å². The monoisotopic (exact) mass is 221 g/mol.